The van der Waals surface area contributed by atoms with Crippen molar-refractivity contribution >= 4 is 16.5 Å². The molecular formula is C29H36N2O. The molecule has 3 atom stereocenters. The Labute approximate surface area is 192 Å². The summed E-state index contributed by atoms with van der Waals surface area (Å²) in [5.41, 5.74) is 7.68. The first-order chi connectivity index (χ1) is 15.3. The zero-order valence-corrected chi connectivity index (χ0v) is 20.4. The third-order valence-corrected chi connectivity index (χ3v) is 7.96. The normalized spacial score (nSPS) is 28.6. The number of fused-ring (bicyclic) bond motifs is 2. The Hall–Kier alpha value is -2.23. The van der Waals surface area contributed by atoms with E-state index in [1.54, 1.807) is 0 Å². The summed E-state index contributed by atoms with van der Waals surface area (Å²) in [6.07, 6.45) is 3.13. The minimum absolute atomic E-state index is 0.0823. The number of aliphatic imine (C=N–C) groups is 1. The highest BCUT2D eigenvalue weighted by molar-refractivity contribution is 6.25. The molecule has 5 rings (SSSR count). The van der Waals surface area contributed by atoms with E-state index in [1.165, 1.54) is 44.3 Å². The fourth-order valence-corrected chi connectivity index (χ4v) is 6.47. The largest absolute Gasteiger partial charge is 0.381 e. The second-order valence-corrected chi connectivity index (χ2v) is 10.6. The van der Waals surface area contributed by atoms with E-state index in [9.17, 15) is 0 Å². The van der Waals surface area contributed by atoms with Crippen LogP contribution in [0.1, 0.15) is 70.6 Å². The number of nitrogens with zero attached hydrogens (tertiary/aromatic N) is 2. The van der Waals surface area contributed by atoms with Crippen LogP contribution in [0.4, 0.5) is 0 Å². The summed E-state index contributed by atoms with van der Waals surface area (Å²) in [7, 11) is 0. The topological polar surface area (TPSA) is 24.8 Å². The van der Waals surface area contributed by atoms with Crippen molar-refractivity contribution in [1.82, 2.24) is 4.90 Å². The Morgan fingerprint density at radius 1 is 1.25 bits per heavy atom. The average Bonchev–Trinajstić information content (AvgIpc) is 2.74. The molecule has 1 aliphatic carbocycles. The maximum absolute atomic E-state index is 6.21. The van der Waals surface area contributed by atoms with E-state index in [4.69, 9.17) is 9.73 Å². The van der Waals surface area contributed by atoms with Crippen LogP contribution >= 0.6 is 0 Å². The summed E-state index contributed by atoms with van der Waals surface area (Å²) in [6, 6.07) is 12.2. The molecular weight excluding hydrogens is 392 g/mol. The molecule has 0 bridgehead atoms. The van der Waals surface area contributed by atoms with Crippen molar-refractivity contribution in [3.05, 3.63) is 70.8 Å². The molecule has 168 valence electrons. The molecule has 3 aliphatic rings. The molecule has 3 nitrogen and oxygen atoms in total. The number of hydrogen-bond acceptors (Lipinski definition) is 3. The summed E-state index contributed by atoms with van der Waals surface area (Å²) in [5, 5.41) is 2.68. The molecule has 2 heterocycles. The minimum Gasteiger partial charge on any atom is -0.381 e. The number of benzene rings is 2. The van der Waals surface area contributed by atoms with Gasteiger partial charge in [0.15, 0.2) is 0 Å². The van der Waals surface area contributed by atoms with Crippen LogP contribution in [0.25, 0.3) is 10.8 Å². The summed E-state index contributed by atoms with van der Waals surface area (Å²) >= 11 is 0. The van der Waals surface area contributed by atoms with E-state index in [1.807, 2.05) is 6.08 Å². The first kappa shape index (κ1) is 21.6. The average molecular weight is 429 g/mol. The molecule has 0 saturated carbocycles. The fraction of sp³-hybridized carbons (Fsp3) is 0.483. The van der Waals surface area contributed by atoms with Crippen LogP contribution in [0, 0.1) is 0 Å². The molecule has 0 radical (unpaired) electrons. The molecule has 2 aromatic carbocycles. The molecule has 32 heavy (non-hydrogen) atoms. The van der Waals surface area contributed by atoms with E-state index in [-0.39, 0.29) is 17.5 Å². The Balaban J connectivity index is 1.89. The van der Waals surface area contributed by atoms with Gasteiger partial charge in [-0.3, -0.25) is 9.89 Å². The zero-order valence-electron chi connectivity index (χ0n) is 20.4. The van der Waals surface area contributed by atoms with Crippen molar-refractivity contribution in [3.63, 3.8) is 0 Å². The summed E-state index contributed by atoms with van der Waals surface area (Å²) < 4.78 is 6.21. The van der Waals surface area contributed by atoms with Crippen LogP contribution < -0.4 is 0 Å². The van der Waals surface area contributed by atoms with Crippen LogP contribution in [0.2, 0.25) is 0 Å². The molecule has 3 heteroatoms. The monoisotopic (exact) mass is 428 g/mol. The van der Waals surface area contributed by atoms with Crippen molar-refractivity contribution in [2.24, 2.45) is 4.99 Å². The lowest BCUT2D eigenvalue weighted by atomic mass is 9.64. The highest BCUT2D eigenvalue weighted by Crippen LogP contribution is 2.50. The van der Waals surface area contributed by atoms with Crippen LogP contribution in [-0.2, 0) is 10.2 Å². The van der Waals surface area contributed by atoms with Crippen LogP contribution in [-0.4, -0.2) is 42.1 Å². The Morgan fingerprint density at radius 3 is 2.75 bits per heavy atom. The van der Waals surface area contributed by atoms with Gasteiger partial charge < -0.3 is 4.74 Å². The van der Waals surface area contributed by atoms with E-state index < -0.39 is 0 Å². The molecule has 0 aromatic heterocycles. The quantitative estimate of drug-likeness (QED) is 0.555. The van der Waals surface area contributed by atoms with E-state index in [0.717, 1.165) is 19.6 Å². The van der Waals surface area contributed by atoms with E-state index in [2.05, 4.69) is 83.4 Å². The van der Waals surface area contributed by atoms with Gasteiger partial charge in [0.2, 0.25) is 0 Å². The molecule has 2 aromatic rings. The van der Waals surface area contributed by atoms with Crippen molar-refractivity contribution in [3.8, 4) is 0 Å². The zero-order chi connectivity index (χ0) is 22.8. The number of hydrogen-bond donors (Lipinski definition) is 0. The van der Waals surface area contributed by atoms with Gasteiger partial charge in [-0.2, -0.15) is 0 Å². The fourth-order valence-electron chi connectivity index (χ4n) is 6.47. The molecule has 1 unspecified atom stereocenters. The molecule has 1 saturated heterocycles. The van der Waals surface area contributed by atoms with Crippen molar-refractivity contribution in [2.45, 2.75) is 77.5 Å². The van der Waals surface area contributed by atoms with Gasteiger partial charge in [0.05, 0.1) is 12.3 Å². The lowest BCUT2D eigenvalue weighted by Gasteiger charge is -2.48. The second kappa shape index (κ2) is 7.67. The Morgan fingerprint density at radius 2 is 2.03 bits per heavy atom. The van der Waals surface area contributed by atoms with E-state index in [0.29, 0.717) is 12.1 Å². The molecule has 0 spiro atoms. The van der Waals surface area contributed by atoms with Gasteiger partial charge in [-0.05, 0) is 67.2 Å². The first-order valence-electron chi connectivity index (χ1n) is 12.1. The lowest BCUT2D eigenvalue weighted by molar-refractivity contribution is 0.00293. The minimum atomic E-state index is -0.137. The lowest BCUT2D eigenvalue weighted by Crippen LogP contribution is -2.53. The van der Waals surface area contributed by atoms with Crippen LogP contribution in [0.3, 0.4) is 0 Å². The van der Waals surface area contributed by atoms with Gasteiger partial charge in [-0.1, -0.05) is 56.8 Å². The van der Waals surface area contributed by atoms with Gasteiger partial charge >= 0.3 is 0 Å². The number of allylic oxidation sites excluding steroid dienone is 3. The SMILES string of the molecule is C=C/C(C)=C1/C2=N[C@H]3C(COCC[C@H](C)N3C(C)C)c3ccc4cccc(c4c32)C1(C)C. The third-order valence-electron chi connectivity index (χ3n) is 7.96. The third kappa shape index (κ3) is 2.98. The second-order valence-electron chi connectivity index (χ2n) is 10.6. The Bertz CT molecular complexity index is 1150. The maximum atomic E-state index is 6.21. The van der Waals surface area contributed by atoms with Crippen molar-refractivity contribution < 1.29 is 4.74 Å². The van der Waals surface area contributed by atoms with Crippen LogP contribution in [0.5, 0.6) is 0 Å². The predicted molar refractivity (Wildman–Crippen MR) is 135 cm³/mol. The Kier molecular flexibility index (Phi) is 5.18. The number of ether oxygens (including phenoxy) is 1. The van der Waals surface area contributed by atoms with Crippen molar-refractivity contribution in [2.75, 3.05) is 13.2 Å². The predicted octanol–water partition coefficient (Wildman–Crippen LogP) is 6.37. The van der Waals surface area contributed by atoms with Gasteiger partial charge in [-0.25, -0.2) is 0 Å². The highest BCUT2D eigenvalue weighted by atomic mass is 16.5. The summed E-state index contributed by atoms with van der Waals surface area (Å²) in [4.78, 5) is 8.24. The molecule has 1 fully saturated rings. The standard InChI is InChI=1S/C29H36N2O/c1-8-18(4)26-27-25-21(13-12-20-10-9-11-23(24(20)25)29(26,6)7)22-16-32-15-14-19(5)31(17(2)3)28(22)30-27/h8-13,17,19,22,28H,1,14-16H2,2-7H3/b26-18-/t19-,22?,28+/m0/s1. The van der Waals surface area contributed by atoms with Crippen LogP contribution in [0.15, 0.2) is 59.1 Å². The molecule has 2 aliphatic heterocycles. The molecule has 0 N–H and O–H groups in total. The highest BCUT2D eigenvalue weighted by Gasteiger charge is 2.45. The van der Waals surface area contributed by atoms with Gasteiger partial charge in [0.1, 0.15) is 6.17 Å². The number of rotatable bonds is 2. The van der Waals surface area contributed by atoms with Gasteiger partial charge in [-0.15, -0.1) is 0 Å². The van der Waals surface area contributed by atoms with Gasteiger partial charge in [0, 0.05) is 35.6 Å². The van der Waals surface area contributed by atoms with Crippen molar-refractivity contribution in [1.29, 1.82) is 0 Å². The smallest absolute Gasteiger partial charge is 0.112 e. The maximum Gasteiger partial charge on any atom is 0.112 e. The molecule has 0 amide bonds. The van der Waals surface area contributed by atoms with Gasteiger partial charge in [0.25, 0.3) is 0 Å². The first-order valence-corrected chi connectivity index (χ1v) is 12.1. The van der Waals surface area contributed by atoms with E-state index >= 15 is 0 Å². The summed E-state index contributed by atoms with van der Waals surface area (Å²) in [5.74, 6) is 0.239. The summed E-state index contributed by atoms with van der Waals surface area (Å²) in [6.45, 7) is 19.5.